The highest BCUT2D eigenvalue weighted by atomic mass is 16.2. The Morgan fingerprint density at radius 3 is 2.93 bits per heavy atom. The van der Waals surface area contributed by atoms with Crippen LogP contribution in [0.25, 0.3) is 11.0 Å². The van der Waals surface area contributed by atoms with Crippen LogP contribution in [-0.2, 0) is 19.5 Å². The van der Waals surface area contributed by atoms with Crippen LogP contribution in [0.1, 0.15) is 36.2 Å². The summed E-state index contributed by atoms with van der Waals surface area (Å²) in [5.74, 6) is 0.186. The van der Waals surface area contributed by atoms with Gasteiger partial charge in [-0.05, 0) is 43.1 Å². The van der Waals surface area contributed by atoms with Gasteiger partial charge in [0.05, 0.1) is 0 Å². The average Bonchev–Trinajstić information content (AvgIpc) is 2.98. The third kappa shape index (κ3) is 3.02. The highest BCUT2D eigenvalue weighted by Crippen LogP contribution is 2.21. The van der Waals surface area contributed by atoms with Gasteiger partial charge in [0.15, 0.2) is 5.65 Å². The molecule has 1 aliphatic heterocycles. The molecule has 2 aromatic heterocycles. The quantitative estimate of drug-likeness (QED) is 0.734. The lowest BCUT2D eigenvalue weighted by Crippen LogP contribution is -2.26. The first-order valence-electron chi connectivity index (χ1n) is 9.23. The van der Waals surface area contributed by atoms with E-state index in [1.807, 2.05) is 13.0 Å². The number of nitrogens with zero attached hydrogens (tertiary/aromatic N) is 4. The van der Waals surface area contributed by atoms with Crippen LogP contribution in [0, 0.1) is 0 Å². The van der Waals surface area contributed by atoms with Crippen LogP contribution in [0.2, 0.25) is 0 Å². The van der Waals surface area contributed by atoms with Crippen molar-refractivity contribution < 1.29 is 4.79 Å². The van der Waals surface area contributed by atoms with Gasteiger partial charge in [-0.3, -0.25) is 9.59 Å². The summed E-state index contributed by atoms with van der Waals surface area (Å²) in [4.78, 5) is 33.6. The highest BCUT2D eigenvalue weighted by molar-refractivity contribution is 5.89. The molecule has 0 atom stereocenters. The molecule has 1 aromatic carbocycles. The van der Waals surface area contributed by atoms with Gasteiger partial charge >= 0.3 is 0 Å². The molecule has 140 valence electrons. The van der Waals surface area contributed by atoms with Gasteiger partial charge in [0, 0.05) is 31.4 Å². The maximum absolute atomic E-state index is 12.5. The second-order valence-electron chi connectivity index (χ2n) is 6.55. The Hall–Kier alpha value is -3.00. The van der Waals surface area contributed by atoms with Crippen molar-refractivity contribution in [3.8, 4) is 0 Å². The molecule has 0 unspecified atom stereocenters. The van der Waals surface area contributed by atoms with Gasteiger partial charge in [0.2, 0.25) is 11.9 Å². The van der Waals surface area contributed by atoms with E-state index in [1.165, 1.54) is 26.7 Å². The minimum Gasteiger partial charge on any atom is -0.324 e. The maximum atomic E-state index is 12.5. The molecule has 0 aliphatic carbocycles. The third-order valence-corrected chi connectivity index (χ3v) is 4.86. The van der Waals surface area contributed by atoms with Gasteiger partial charge in [-0.1, -0.05) is 13.0 Å². The minimum absolute atomic E-state index is 0.173. The lowest BCUT2D eigenvalue weighted by molar-refractivity contribution is 0.0879. The fraction of sp³-hybridized carbons (Fsp3) is 0.368. The number of fused-ring (bicyclic) bond motifs is 2. The Labute approximate surface area is 156 Å². The first-order chi connectivity index (χ1) is 13.1. The molecule has 3 heterocycles. The molecule has 1 aliphatic rings. The monoisotopic (exact) mass is 366 g/mol. The van der Waals surface area contributed by atoms with Crippen molar-refractivity contribution in [1.29, 1.82) is 0 Å². The normalized spacial score (nSPS) is 13.6. The second-order valence-corrected chi connectivity index (χ2v) is 6.55. The van der Waals surface area contributed by atoms with Gasteiger partial charge in [-0.15, -0.1) is 0 Å². The summed E-state index contributed by atoms with van der Waals surface area (Å²) < 4.78 is 2.76. The summed E-state index contributed by atoms with van der Waals surface area (Å²) in [7, 11) is 0. The smallest absolute Gasteiger partial charge is 0.278 e. The van der Waals surface area contributed by atoms with E-state index in [2.05, 4.69) is 32.7 Å². The van der Waals surface area contributed by atoms with Gasteiger partial charge in [0.1, 0.15) is 5.39 Å². The molecule has 0 fully saturated rings. The number of aromatic nitrogens is 4. The second kappa shape index (κ2) is 6.96. The molecule has 2 N–H and O–H groups in total. The highest BCUT2D eigenvalue weighted by Gasteiger charge is 2.19. The zero-order chi connectivity index (χ0) is 19.0. The molecular weight excluding hydrogens is 344 g/mol. The Balaban J connectivity index is 1.75. The van der Waals surface area contributed by atoms with Crippen molar-refractivity contribution in [2.75, 3.05) is 11.9 Å². The zero-order valence-electron chi connectivity index (χ0n) is 15.5. The van der Waals surface area contributed by atoms with Crippen LogP contribution in [0.5, 0.6) is 0 Å². The van der Waals surface area contributed by atoms with Crippen molar-refractivity contribution in [3.63, 3.8) is 0 Å². The van der Waals surface area contributed by atoms with E-state index in [0.29, 0.717) is 23.5 Å². The van der Waals surface area contributed by atoms with Crippen molar-refractivity contribution in [3.05, 3.63) is 45.9 Å². The van der Waals surface area contributed by atoms with Gasteiger partial charge in [-0.2, -0.15) is 9.67 Å². The van der Waals surface area contributed by atoms with E-state index < -0.39 is 0 Å². The number of anilines is 2. The van der Waals surface area contributed by atoms with Crippen LogP contribution in [0.3, 0.4) is 0 Å². The molecule has 4 rings (SSSR count). The Bertz CT molecular complexity index is 1080. The minimum atomic E-state index is -0.249. The Morgan fingerprint density at radius 1 is 1.30 bits per heavy atom. The lowest BCUT2D eigenvalue weighted by atomic mass is 10.0. The predicted octanol–water partition coefficient (Wildman–Crippen LogP) is 2.05. The molecule has 0 spiro atoms. The summed E-state index contributed by atoms with van der Waals surface area (Å²) in [6.07, 6.45) is 2.79. The van der Waals surface area contributed by atoms with Gasteiger partial charge in [0.25, 0.3) is 5.56 Å². The van der Waals surface area contributed by atoms with Gasteiger partial charge < -0.3 is 10.6 Å². The van der Waals surface area contributed by atoms with Crippen LogP contribution in [-0.4, -0.2) is 31.8 Å². The predicted molar refractivity (Wildman–Crippen MR) is 104 cm³/mol. The van der Waals surface area contributed by atoms with E-state index >= 15 is 0 Å². The van der Waals surface area contributed by atoms with E-state index in [0.717, 1.165) is 25.2 Å². The van der Waals surface area contributed by atoms with E-state index in [1.54, 1.807) is 6.92 Å². The standard InChI is InChI=1S/C19H22N6O2/c1-3-16(26)25-17-15(18(27)24(25)4-2)11-21-19(23-17)22-14-6-5-12-7-8-20-10-13(12)9-14/h5-6,9,11,20H,3-4,7-8,10H2,1-2H3,(H,21,22,23). The Morgan fingerprint density at radius 2 is 2.15 bits per heavy atom. The first-order valence-corrected chi connectivity index (χ1v) is 9.23. The largest absolute Gasteiger partial charge is 0.324 e. The molecule has 0 amide bonds. The van der Waals surface area contributed by atoms with Crippen molar-refractivity contribution >= 4 is 28.6 Å². The lowest BCUT2D eigenvalue weighted by Gasteiger charge is -2.18. The third-order valence-electron chi connectivity index (χ3n) is 4.86. The average molecular weight is 366 g/mol. The zero-order valence-corrected chi connectivity index (χ0v) is 15.5. The van der Waals surface area contributed by atoms with Crippen LogP contribution >= 0.6 is 0 Å². The number of rotatable bonds is 4. The summed E-state index contributed by atoms with van der Waals surface area (Å²) in [6.45, 7) is 5.82. The Kier molecular flexibility index (Phi) is 4.49. The summed E-state index contributed by atoms with van der Waals surface area (Å²) >= 11 is 0. The molecule has 0 bridgehead atoms. The number of benzene rings is 1. The molecule has 0 saturated carbocycles. The van der Waals surface area contributed by atoms with E-state index in [-0.39, 0.29) is 17.9 Å². The van der Waals surface area contributed by atoms with Crippen LogP contribution in [0.15, 0.2) is 29.2 Å². The summed E-state index contributed by atoms with van der Waals surface area (Å²) in [6, 6.07) is 6.19. The van der Waals surface area contributed by atoms with E-state index in [4.69, 9.17) is 0 Å². The molecule has 3 aromatic rings. The summed E-state index contributed by atoms with van der Waals surface area (Å²) in [5, 5.41) is 6.90. The van der Waals surface area contributed by atoms with Gasteiger partial charge in [-0.25, -0.2) is 9.67 Å². The van der Waals surface area contributed by atoms with Crippen LogP contribution < -0.4 is 16.2 Å². The fourth-order valence-electron chi connectivity index (χ4n) is 3.46. The number of carbonyl (C=O) groups excluding carboxylic acids is 1. The SMILES string of the molecule is CCC(=O)n1c2nc(Nc3ccc4c(c3)CNCC4)ncc2c(=O)n1CC. The number of hydrogen-bond donors (Lipinski definition) is 2. The molecule has 8 nitrogen and oxygen atoms in total. The molecule has 0 saturated heterocycles. The fourth-order valence-corrected chi connectivity index (χ4v) is 3.46. The topological polar surface area (TPSA) is 93.8 Å². The molecule has 27 heavy (non-hydrogen) atoms. The molecular formula is C19H22N6O2. The van der Waals surface area contributed by atoms with Crippen molar-refractivity contribution in [1.82, 2.24) is 24.6 Å². The summed E-state index contributed by atoms with van der Waals surface area (Å²) in [5.41, 5.74) is 3.56. The number of hydrogen-bond acceptors (Lipinski definition) is 6. The number of carbonyl (C=O) groups is 1. The van der Waals surface area contributed by atoms with E-state index in [9.17, 15) is 9.59 Å². The first kappa shape index (κ1) is 17.4. The van der Waals surface area contributed by atoms with Crippen molar-refractivity contribution in [2.24, 2.45) is 0 Å². The maximum Gasteiger partial charge on any atom is 0.278 e. The van der Waals surface area contributed by atoms with Crippen molar-refractivity contribution in [2.45, 2.75) is 39.8 Å². The number of nitrogens with one attached hydrogen (secondary N) is 2. The van der Waals surface area contributed by atoms with Crippen LogP contribution in [0.4, 0.5) is 11.6 Å². The molecule has 0 radical (unpaired) electrons. The molecule has 8 heteroatoms.